The Bertz CT molecular complexity index is 893. The van der Waals surface area contributed by atoms with Crippen LogP contribution in [0.3, 0.4) is 0 Å². The number of nitrogens with zero attached hydrogens (tertiary/aromatic N) is 1. The summed E-state index contributed by atoms with van der Waals surface area (Å²) in [6, 6.07) is 14.2. The van der Waals surface area contributed by atoms with E-state index in [4.69, 9.17) is 23.2 Å². The summed E-state index contributed by atoms with van der Waals surface area (Å²) in [5, 5.41) is 3.92. The molecule has 0 aliphatic heterocycles. The van der Waals surface area contributed by atoms with Crippen LogP contribution in [0.1, 0.15) is 43.2 Å². The highest BCUT2D eigenvalue weighted by atomic mass is 127. The summed E-state index contributed by atoms with van der Waals surface area (Å²) in [6.45, 7) is 0.966. The van der Waals surface area contributed by atoms with E-state index in [1.807, 2.05) is 18.2 Å². The number of hydrogen-bond acceptors (Lipinski definition) is 1. The fourth-order valence-corrected chi connectivity index (χ4v) is 4.41. The van der Waals surface area contributed by atoms with Gasteiger partial charge >= 0.3 is 0 Å². The van der Waals surface area contributed by atoms with Crippen molar-refractivity contribution in [2.45, 2.75) is 44.7 Å². The summed E-state index contributed by atoms with van der Waals surface area (Å²) in [7, 11) is 4.64. The molecule has 0 unspecified atom stereocenters. The summed E-state index contributed by atoms with van der Waals surface area (Å²) in [4.78, 5) is 12.3. The van der Waals surface area contributed by atoms with E-state index >= 15 is 0 Å². The van der Waals surface area contributed by atoms with Gasteiger partial charge in [-0.1, -0.05) is 47.8 Å². The Balaban J connectivity index is 0.00000320. The van der Waals surface area contributed by atoms with Crippen molar-refractivity contribution in [2.24, 2.45) is 0 Å². The van der Waals surface area contributed by atoms with Crippen LogP contribution >= 0.6 is 23.2 Å². The monoisotopic (exact) mass is 558 g/mol. The van der Waals surface area contributed by atoms with Gasteiger partial charge in [-0.3, -0.25) is 4.79 Å². The smallest absolute Gasteiger partial charge is 0.248 e. The molecule has 3 rings (SSSR count). The van der Waals surface area contributed by atoms with Crippen LogP contribution < -0.4 is 29.3 Å². The second-order valence-corrected chi connectivity index (χ2v) is 9.24. The van der Waals surface area contributed by atoms with Crippen molar-refractivity contribution in [1.82, 2.24) is 0 Å². The summed E-state index contributed by atoms with van der Waals surface area (Å²) in [5.41, 5.74) is 2.89. The molecule has 30 heavy (non-hydrogen) atoms. The lowest BCUT2D eigenvalue weighted by molar-refractivity contribution is -0.929. The molecule has 3 nitrogen and oxygen atoms in total. The Kier molecular flexibility index (Phi) is 9.67. The highest BCUT2D eigenvalue weighted by Crippen LogP contribution is 2.28. The van der Waals surface area contributed by atoms with E-state index in [0.717, 1.165) is 28.3 Å². The van der Waals surface area contributed by atoms with E-state index in [9.17, 15) is 4.79 Å². The summed E-state index contributed by atoms with van der Waals surface area (Å²) in [5.74, 6) is -0.172. The van der Waals surface area contributed by atoms with Crippen molar-refractivity contribution in [2.75, 3.05) is 19.4 Å². The average Bonchev–Trinajstić information content (AvgIpc) is 2.69. The maximum atomic E-state index is 12.3. The SMILES string of the molecule is C[N+](C)(Cc1cccc(NC(=O)C=Cc2ccc(Cl)c(Cl)c2)c1)C1CCCCC1.[I-]. The molecule has 1 aliphatic rings. The first-order valence-corrected chi connectivity index (χ1v) is 10.9. The molecule has 1 fully saturated rings. The first-order chi connectivity index (χ1) is 13.8. The van der Waals surface area contributed by atoms with E-state index in [2.05, 4.69) is 31.5 Å². The molecule has 1 amide bonds. The standard InChI is InChI=1S/C24H28Cl2N2O.HI/c1-28(2,21-9-4-3-5-10-21)17-19-7-6-8-20(15-19)27-24(29)14-12-18-11-13-22(25)23(26)16-18;/h6-8,11-16,21H,3-5,9-10,17H2,1-2H3;1H. The van der Waals surface area contributed by atoms with E-state index < -0.39 is 0 Å². The number of rotatable bonds is 6. The normalized spacial score (nSPS) is 15.1. The van der Waals surface area contributed by atoms with Gasteiger partial charge in [0.1, 0.15) is 6.54 Å². The predicted molar refractivity (Wildman–Crippen MR) is 123 cm³/mol. The topological polar surface area (TPSA) is 29.1 Å². The summed E-state index contributed by atoms with van der Waals surface area (Å²) in [6.07, 6.45) is 9.90. The van der Waals surface area contributed by atoms with Gasteiger partial charge in [0.25, 0.3) is 0 Å². The molecule has 0 atom stereocenters. The minimum Gasteiger partial charge on any atom is -1.00 e. The summed E-state index contributed by atoms with van der Waals surface area (Å²) < 4.78 is 0.995. The number of halogens is 3. The second-order valence-electron chi connectivity index (χ2n) is 8.43. The van der Waals surface area contributed by atoms with Crippen LogP contribution in [-0.2, 0) is 11.3 Å². The summed E-state index contributed by atoms with van der Waals surface area (Å²) >= 11 is 11.9. The average molecular weight is 559 g/mol. The molecule has 1 saturated carbocycles. The van der Waals surface area contributed by atoms with Gasteiger partial charge in [0.15, 0.2) is 0 Å². The number of amides is 1. The lowest BCUT2D eigenvalue weighted by atomic mass is 9.92. The molecule has 0 radical (unpaired) electrons. The first-order valence-electron chi connectivity index (χ1n) is 10.2. The molecule has 0 heterocycles. The number of nitrogens with one attached hydrogen (secondary N) is 1. The van der Waals surface area contributed by atoms with Gasteiger partial charge in [-0.25, -0.2) is 0 Å². The third-order valence-electron chi connectivity index (χ3n) is 5.72. The Hall–Kier alpha value is -1.08. The Morgan fingerprint density at radius 3 is 2.50 bits per heavy atom. The van der Waals surface area contributed by atoms with Crippen molar-refractivity contribution in [3.8, 4) is 0 Å². The first kappa shape index (κ1) is 25.2. The highest BCUT2D eigenvalue weighted by Gasteiger charge is 2.29. The molecule has 162 valence electrons. The van der Waals surface area contributed by atoms with Gasteiger partial charge in [-0.15, -0.1) is 0 Å². The number of anilines is 1. The van der Waals surface area contributed by atoms with Crippen LogP contribution in [0.2, 0.25) is 10.0 Å². The largest absolute Gasteiger partial charge is 1.00 e. The van der Waals surface area contributed by atoms with E-state index in [1.165, 1.54) is 43.7 Å². The molecular weight excluding hydrogens is 530 g/mol. The molecule has 1 N–H and O–H groups in total. The van der Waals surface area contributed by atoms with Gasteiger partial charge in [0.2, 0.25) is 5.91 Å². The van der Waals surface area contributed by atoms with E-state index in [1.54, 1.807) is 18.2 Å². The minimum atomic E-state index is -0.172. The van der Waals surface area contributed by atoms with Crippen LogP contribution in [0, 0.1) is 0 Å². The third-order valence-corrected chi connectivity index (χ3v) is 6.46. The van der Waals surface area contributed by atoms with Gasteiger partial charge in [0.05, 0.1) is 30.2 Å². The van der Waals surface area contributed by atoms with Crippen LogP contribution in [-0.4, -0.2) is 30.5 Å². The fourth-order valence-electron chi connectivity index (χ4n) is 4.10. The van der Waals surface area contributed by atoms with Gasteiger partial charge in [0, 0.05) is 17.3 Å². The van der Waals surface area contributed by atoms with Crippen molar-refractivity contribution in [3.63, 3.8) is 0 Å². The van der Waals surface area contributed by atoms with Crippen LogP contribution in [0.15, 0.2) is 48.5 Å². The third kappa shape index (κ3) is 7.26. The van der Waals surface area contributed by atoms with E-state index in [0.29, 0.717) is 10.0 Å². The number of carbonyl (C=O) groups is 1. The molecular formula is C24H29Cl2IN2O. The Labute approximate surface area is 207 Å². The zero-order chi connectivity index (χ0) is 20.9. The second kappa shape index (κ2) is 11.5. The quantitative estimate of drug-likeness (QED) is 0.328. The zero-order valence-corrected chi connectivity index (χ0v) is 21.2. The Morgan fingerprint density at radius 2 is 1.80 bits per heavy atom. The molecule has 0 bridgehead atoms. The van der Waals surface area contributed by atoms with E-state index in [-0.39, 0.29) is 29.9 Å². The number of quaternary nitrogens is 1. The van der Waals surface area contributed by atoms with Crippen molar-refractivity contribution in [1.29, 1.82) is 0 Å². The molecule has 6 heteroatoms. The van der Waals surface area contributed by atoms with Gasteiger partial charge in [-0.2, -0.15) is 0 Å². The number of hydrogen-bond donors (Lipinski definition) is 1. The van der Waals surface area contributed by atoms with Crippen LogP contribution in [0.4, 0.5) is 5.69 Å². The molecule has 0 aromatic heterocycles. The Morgan fingerprint density at radius 1 is 1.07 bits per heavy atom. The molecule has 1 aliphatic carbocycles. The maximum absolute atomic E-state index is 12.3. The maximum Gasteiger partial charge on any atom is 0.248 e. The number of carbonyl (C=O) groups excluding carboxylic acids is 1. The van der Waals surface area contributed by atoms with Gasteiger partial charge in [-0.05, 0) is 61.6 Å². The van der Waals surface area contributed by atoms with Gasteiger partial charge < -0.3 is 33.8 Å². The lowest BCUT2D eigenvalue weighted by Crippen LogP contribution is -3.00. The number of benzene rings is 2. The minimum absolute atomic E-state index is 0. The molecule has 0 saturated heterocycles. The van der Waals surface area contributed by atoms with Crippen molar-refractivity contribution < 1.29 is 33.3 Å². The van der Waals surface area contributed by atoms with Crippen LogP contribution in [0.5, 0.6) is 0 Å². The molecule has 2 aromatic carbocycles. The lowest BCUT2D eigenvalue weighted by Gasteiger charge is -2.40. The van der Waals surface area contributed by atoms with Crippen molar-refractivity contribution >= 4 is 40.9 Å². The predicted octanol–water partition coefficient (Wildman–Crippen LogP) is 3.56. The highest BCUT2D eigenvalue weighted by molar-refractivity contribution is 6.42. The van der Waals surface area contributed by atoms with Crippen molar-refractivity contribution in [3.05, 3.63) is 69.7 Å². The zero-order valence-electron chi connectivity index (χ0n) is 17.5. The molecule has 2 aromatic rings. The fraction of sp³-hybridized carbons (Fsp3) is 0.375. The molecule has 0 spiro atoms. The van der Waals surface area contributed by atoms with Crippen LogP contribution in [0.25, 0.3) is 6.08 Å².